The van der Waals surface area contributed by atoms with Crippen LogP contribution in [0.5, 0.6) is 0 Å². The van der Waals surface area contributed by atoms with Crippen molar-refractivity contribution in [2.45, 2.75) is 276 Å². The number of hydrogen-bond acceptors (Lipinski definition) is 11. The van der Waals surface area contributed by atoms with Gasteiger partial charge in [-0.1, -0.05) is 256 Å². The van der Waals surface area contributed by atoms with Gasteiger partial charge in [0.25, 0.3) is 0 Å². The van der Waals surface area contributed by atoms with Crippen LogP contribution < -0.4 is 0 Å². The largest absolute Gasteiger partial charge is 0.479 e. The average molecular weight is 1210 g/mol. The molecule has 1 aliphatic heterocycles. The van der Waals surface area contributed by atoms with Gasteiger partial charge < -0.3 is 39.0 Å². The van der Waals surface area contributed by atoms with Gasteiger partial charge in [-0.25, -0.2) is 4.79 Å². The number of carbonyl (C=O) groups excluding carboxylic acids is 3. The van der Waals surface area contributed by atoms with Gasteiger partial charge in [0, 0.05) is 19.3 Å². The zero-order valence-corrected chi connectivity index (χ0v) is 53.9. The predicted molar refractivity (Wildman–Crippen MR) is 358 cm³/mol. The van der Waals surface area contributed by atoms with Gasteiger partial charge in [-0.3, -0.25) is 14.4 Å². The number of esters is 3. The van der Waals surface area contributed by atoms with Gasteiger partial charge in [-0.15, -0.1) is 0 Å². The molecule has 1 aliphatic rings. The highest BCUT2D eigenvalue weighted by atomic mass is 16.7. The third kappa shape index (κ3) is 50.0. The molecule has 12 heteroatoms. The van der Waals surface area contributed by atoms with Gasteiger partial charge >= 0.3 is 23.9 Å². The van der Waals surface area contributed by atoms with Crippen LogP contribution >= 0.6 is 0 Å². The van der Waals surface area contributed by atoms with Crippen LogP contribution in [-0.2, 0) is 42.9 Å². The number of hydrogen-bond donors (Lipinski definition) is 3. The minimum atomic E-state index is -1.95. The third-order valence-corrected chi connectivity index (χ3v) is 14.1. The van der Waals surface area contributed by atoms with Crippen LogP contribution in [0, 0.1) is 0 Å². The van der Waals surface area contributed by atoms with Gasteiger partial charge in [-0.2, -0.15) is 0 Å². The van der Waals surface area contributed by atoms with Crippen molar-refractivity contribution in [3.8, 4) is 0 Å². The molecule has 0 radical (unpaired) electrons. The number of carboxylic acid groups (broad SMARTS) is 1. The lowest BCUT2D eigenvalue weighted by molar-refractivity contribution is -0.301. The van der Waals surface area contributed by atoms with Crippen LogP contribution in [0.25, 0.3) is 0 Å². The van der Waals surface area contributed by atoms with Crippen molar-refractivity contribution >= 4 is 23.9 Å². The molecule has 0 aromatic rings. The smallest absolute Gasteiger partial charge is 0.335 e. The normalized spacial score (nSPS) is 18.4. The first-order valence-electron chi connectivity index (χ1n) is 33.5. The Hall–Kier alpha value is -5.66. The van der Waals surface area contributed by atoms with Crippen molar-refractivity contribution in [3.63, 3.8) is 0 Å². The molecule has 6 unspecified atom stereocenters. The Kier molecular flexibility index (Phi) is 55.3. The quantitative estimate of drug-likeness (QED) is 0.0228. The van der Waals surface area contributed by atoms with E-state index < -0.39 is 67.3 Å². The molecule has 0 bridgehead atoms. The van der Waals surface area contributed by atoms with Gasteiger partial charge in [-0.05, 0) is 122 Å². The maximum Gasteiger partial charge on any atom is 0.335 e. The molecule has 3 N–H and O–H groups in total. The topological polar surface area (TPSA) is 175 Å². The summed E-state index contributed by atoms with van der Waals surface area (Å²) >= 11 is 0. The van der Waals surface area contributed by atoms with Gasteiger partial charge in [0.2, 0.25) is 0 Å². The summed E-state index contributed by atoms with van der Waals surface area (Å²) in [5, 5.41) is 31.6. The molecule has 488 valence electrons. The fraction of sp³-hybridized carbons (Fsp3) is 0.600. The summed E-state index contributed by atoms with van der Waals surface area (Å²) < 4.78 is 28.4. The molecule has 0 aromatic carbocycles. The van der Waals surface area contributed by atoms with Crippen LogP contribution in [0.3, 0.4) is 0 Å². The zero-order chi connectivity index (χ0) is 63.1. The van der Waals surface area contributed by atoms with Crippen molar-refractivity contribution in [2.75, 3.05) is 13.2 Å². The molecule has 6 atom stereocenters. The number of rotatable bonds is 55. The Labute approximate surface area is 526 Å². The maximum absolute atomic E-state index is 13.2. The predicted octanol–water partition coefficient (Wildman–Crippen LogP) is 18.5. The molecular weight excluding hydrogens is 1090 g/mol. The summed E-state index contributed by atoms with van der Waals surface area (Å²) in [5.74, 6) is -3.36. The number of ether oxygens (including phenoxy) is 5. The van der Waals surface area contributed by atoms with Gasteiger partial charge in [0.05, 0.1) is 6.61 Å². The molecule has 0 spiro atoms. The van der Waals surface area contributed by atoms with Crippen LogP contribution in [0.1, 0.15) is 239 Å². The molecule has 87 heavy (non-hydrogen) atoms. The highest BCUT2D eigenvalue weighted by molar-refractivity contribution is 5.74. The summed E-state index contributed by atoms with van der Waals surface area (Å²) in [6.45, 7) is 5.68. The lowest BCUT2D eigenvalue weighted by Crippen LogP contribution is -2.61. The zero-order valence-electron chi connectivity index (χ0n) is 53.9. The van der Waals surface area contributed by atoms with Crippen molar-refractivity contribution in [3.05, 3.63) is 158 Å². The molecule has 1 saturated heterocycles. The number of unbranched alkanes of at least 4 members (excludes halogenated alkanes) is 15. The highest BCUT2D eigenvalue weighted by Gasteiger charge is 2.50. The van der Waals surface area contributed by atoms with E-state index in [4.69, 9.17) is 23.7 Å². The minimum absolute atomic E-state index is 0.0765. The Morgan fingerprint density at radius 2 is 0.747 bits per heavy atom. The van der Waals surface area contributed by atoms with E-state index in [0.717, 1.165) is 96.3 Å². The molecule has 12 nitrogen and oxygen atoms in total. The monoisotopic (exact) mass is 1210 g/mol. The Balaban J connectivity index is 2.75. The third-order valence-electron chi connectivity index (χ3n) is 14.1. The van der Waals surface area contributed by atoms with Crippen LogP contribution in [0.15, 0.2) is 158 Å². The molecule has 1 heterocycles. The highest BCUT2D eigenvalue weighted by Crippen LogP contribution is 2.26. The first-order valence-corrected chi connectivity index (χ1v) is 33.5. The standard InChI is InChI=1S/C75H116O12/c1-4-7-10-13-16-19-22-25-28-31-34-37-40-43-46-49-52-55-58-61-67(76)83-64-66(85-68(77)62-59-56-53-50-47-44-41-38-35-32-29-26-23-20-17-14-11-8-5-2)65-84-75-73(71(80)70(79)72(87-75)74(81)82)86-69(78)63-60-57-54-51-48-45-42-39-36-33-30-27-24-21-18-15-12-9-6-3/h7,9-10,12,16,18-19,21,25-30,34,36-37,39,43,45-46,48,52,54-55,57,66,70-73,75,79-80H,4-6,8,11,13-15,17,20,22-24,31-33,35,38,40-42,44,47,49-51,53,56,58-65H2,1-3H3,(H,81,82)/b10-7-,12-9-,19-16-,21-18-,28-25-,29-26-,30-27-,37-34-,39-36-,46-43-,48-45-,55-52-,57-54-. The van der Waals surface area contributed by atoms with Gasteiger partial charge in [0.15, 0.2) is 24.6 Å². The molecule has 0 aromatic heterocycles. The second-order valence-corrected chi connectivity index (χ2v) is 22.0. The Morgan fingerprint density at radius 3 is 1.15 bits per heavy atom. The van der Waals surface area contributed by atoms with Crippen molar-refractivity contribution in [1.29, 1.82) is 0 Å². The maximum atomic E-state index is 13.2. The summed E-state index contributed by atoms with van der Waals surface area (Å²) in [6.07, 6.45) is 76.5. The number of allylic oxidation sites excluding steroid dienone is 26. The number of aliphatic hydroxyl groups excluding tert-OH is 2. The fourth-order valence-corrected chi connectivity index (χ4v) is 9.06. The number of carboxylic acids is 1. The van der Waals surface area contributed by atoms with E-state index in [1.54, 1.807) is 0 Å². The van der Waals surface area contributed by atoms with E-state index in [1.807, 2.05) is 30.4 Å². The summed E-state index contributed by atoms with van der Waals surface area (Å²) in [6, 6.07) is 0. The van der Waals surface area contributed by atoms with E-state index in [-0.39, 0.29) is 25.9 Å². The second-order valence-electron chi connectivity index (χ2n) is 22.0. The average Bonchev–Trinajstić information content (AvgIpc) is 2.56. The number of aliphatic hydroxyl groups is 2. The van der Waals surface area contributed by atoms with Crippen LogP contribution in [0.4, 0.5) is 0 Å². The molecule has 0 aliphatic carbocycles. The molecule has 1 fully saturated rings. The van der Waals surface area contributed by atoms with Crippen LogP contribution in [0.2, 0.25) is 0 Å². The minimum Gasteiger partial charge on any atom is -0.479 e. The first kappa shape index (κ1) is 79.4. The summed E-state index contributed by atoms with van der Waals surface area (Å²) in [7, 11) is 0. The molecular formula is C75H116O12. The van der Waals surface area contributed by atoms with Crippen molar-refractivity contribution in [1.82, 2.24) is 0 Å². The summed E-state index contributed by atoms with van der Waals surface area (Å²) in [5.41, 5.74) is 0. The van der Waals surface area contributed by atoms with E-state index in [1.165, 1.54) is 70.6 Å². The SMILES string of the molecule is CC/C=C\C/C=C\C/C=C\C/C=C\C/C=C\C/C=C\CCC(=O)OCC(COC1OC(C(=O)O)C(O)C(O)C1OC(=O)CC/C=C\C/C=C\C/C=C\C/C=C\C/C=C\C/C=C\CC)OC(=O)CCCCCCCCCCC/C=C\CCCCCCCC. The fourth-order valence-electron chi connectivity index (χ4n) is 9.06. The Bertz CT molecular complexity index is 2120. The van der Waals surface area contributed by atoms with E-state index in [0.29, 0.717) is 32.1 Å². The lowest BCUT2D eigenvalue weighted by atomic mass is 9.98. The van der Waals surface area contributed by atoms with E-state index >= 15 is 0 Å². The van der Waals surface area contributed by atoms with Gasteiger partial charge in [0.1, 0.15) is 18.8 Å². The van der Waals surface area contributed by atoms with Crippen molar-refractivity contribution in [2.24, 2.45) is 0 Å². The summed E-state index contributed by atoms with van der Waals surface area (Å²) in [4.78, 5) is 51.4. The second kappa shape index (κ2) is 60.6. The molecule has 0 saturated carbocycles. The first-order chi connectivity index (χ1) is 42.6. The van der Waals surface area contributed by atoms with Crippen molar-refractivity contribution < 1.29 is 58.2 Å². The lowest BCUT2D eigenvalue weighted by Gasteiger charge is -2.40. The van der Waals surface area contributed by atoms with E-state index in [2.05, 4.69) is 148 Å². The number of carbonyl (C=O) groups is 4. The van der Waals surface area contributed by atoms with E-state index in [9.17, 15) is 34.5 Å². The van der Waals surface area contributed by atoms with Crippen LogP contribution in [-0.4, -0.2) is 89.2 Å². The molecule has 0 amide bonds. The Morgan fingerprint density at radius 1 is 0.391 bits per heavy atom. The molecule has 1 rings (SSSR count). The number of aliphatic carboxylic acids is 1.